The topological polar surface area (TPSA) is 120 Å². The number of hydrogen-bond acceptors (Lipinski definition) is 6. The van der Waals surface area contributed by atoms with Crippen molar-refractivity contribution in [2.24, 2.45) is 5.92 Å². The lowest BCUT2D eigenvalue weighted by Gasteiger charge is -2.39. The summed E-state index contributed by atoms with van der Waals surface area (Å²) >= 11 is -1.58. The van der Waals surface area contributed by atoms with Crippen molar-refractivity contribution in [1.82, 2.24) is 19.8 Å². The highest BCUT2D eigenvalue weighted by atomic mass is 32.2. The average molecular weight is 756 g/mol. The molecule has 1 heterocycles. The van der Waals surface area contributed by atoms with Crippen LogP contribution >= 0.6 is 0 Å². The summed E-state index contributed by atoms with van der Waals surface area (Å²) in [5, 5.41) is 8.78. The van der Waals surface area contributed by atoms with Crippen LogP contribution < -0.4 is 15.4 Å². The van der Waals surface area contributed by atoms with Gasteiger partial charge in [0.05, 0.1) is 11.4 Å². The molecule has 0 bridgehead atoms. The number of alkyl halides is 3. The van der Waals surface area contributed by atoms with Crippen molar-refractivity contribution in [2.45, 2.75) is 95.8 Å². The second-order valence-corrected chi connectivity index (χ2v) is 17.2. The molecular formula is C39H45F4N5O4S. The number of nitrogens with one attached hydrogen (secondary N) is 3. The molecule has 2 amide bonds. The van der Waals surface area contributed by atoms with Crippen LogP contribution in [0, 0.1) is 11.7 Å². The van der Waals surface area contributed by atoms with Crippen LogP contribution in [0.4, 0.5) is 28.0 Å². The molecule has 3 N–H and O–H groups in total. The number of anilines is 1. The first-order valence-corrected chi connectivity index (χ1v) is 18.5. The zero-order valence-corrected chi connectivity index (χ0v) is 31.4. The largest absolute Gasteiger partial charge is 0.598 e. The van der Waals surface area contributed by atoms with Crippen LogP contribution in [0.1, 0.15) is 100 Å². The molecule has 3 aromatic carbocycles. The Balaban J connectivity index is 1.52. The zero-order chi connectivity index (χ0) is 38.8. The average Bonchev–Trinajstić information content (AvgIpc) is 3.79. The van der Waals surface area contributed by atoms with Gasteiger partial charge in [0.25, 0.3) is 5.91 Å². The molecule has 9 nitrogen and oxygen atoms in total. The predicted octanol–water partition coefficient (Wildman–Crippen LogP) is 8.79. The van der Waals surface area contributed by atoms with Gasteiger partial charge in [-0.1, -0.05) is 61.4 Å². The van der Waals surface area contributed by atoms with Crippen molar-refractivity contribution in [2.75, 3.05) is 5.32 Å². The van der Waals surface area contributed by atoms with Gasteiger partial charge < -0.3 is 19.9 Å². The van der Waals surface area contributed by atoms with E-state index in [2.05, 4.69) is 20.5 Å². The molecular weight excluding hydrogens is 711 g/mol. The summed E-state index contributed by atoms with van der Waals surface area (Å²) in [6.45, 7) is 10.6. The summed E-state index contributed by atoms with van der Waals surface area (Å²) in [6, 6.07) is 20.3. The molecule has 0 spiro atoms. The van der Waals surface area contributed by atoms with Crippen molar-refractivity contribution in [3.05, 3.63) is 113 Å². The van der Waals surface area contributed by atoms with Crippen LogP contribution in [0.5, 0.6) is 0 Å². The SMILES string of the molecule is CC(C)(C)OC(=O)NCc1cccc(-n2nc(C(F)(F)F)cc2C(=O)Nc2cc([C@](CCC3CC3)(N[S+]([O-])C(C)(C)C)c3ccccc3)ccc2F)c1. The number of alkyl carbamates (subject to hydrolysis) is 1. The molecule has 1 fully saturated rings. The number of nitrogens with zero attached hydrogens (tertiary/aromatic N) is 2. The molecule has 2 atom stereocenters. The summed E-state index contributed by atoms with van der Waals surface area (Å²) in [4.78, 5) is 26.1. The number of hydrogen-bond donors (Lipinski definition) is 3. The van der Waals surface area contributed by atoms with E-state index in [1.54, 1.807) is 39.0 Å². The van der Waals surface area contributed by atoms with Crippen molar-refractivity contribution < 1.29 is 36.4 Å². The highest BCUT2D eigenvalue weighted by Crippen LogP contribution is 2.43. The van der Waals surface area contributed by atoms with E-state index in [0.717, 1.165) is 29.5 Å². The van der Waals surface area contributed by atoms with Crippen LogP contribution in [0.25, 0.3) is 5.69 Å². The first kappa shape index (κ1) is 39.8. The Morgan fingerprint density at radius 3 is 2.25 bits per heavy atom. The van der Waals surface area contributed by atoms with Gasteiger partial charge in [-0.3, -0.25) is 4.79 Å². The van der Waals surface area contributed by atoms with Crippen molar-refractivity contribution in [3.8, 4) is 5.69 Å². The van der Waals surface area contributed by atoms with Gasteiger partial charge in [0, 0.05) is 24.0 Å². The fraction of sp³-hybridized carbons (Fsp3) is 0.410. The second kappa shape index (κ2) is 15.5. The van der Waals surface area contributed by atoms with Crippen molar-refractivity contribution in [1.29, 1.82) is 0 Å². The summed E-state index contributed by atoms with van der Waals surface area (Å²) in [5.41, 5.74) is -2.01. The van der Waals surface area contributed by atoms with Crippen LogP contribution in [0.3, 0.4) is 0 Å². The number of aromatic nitrogens is 2. The molecule has 1 aromatic heterocycles. The number of carbonyl (C=O) groups is 2. The third kappa shape index (κ3) is 10.2. The summed E-state index contributed by atoms with van der Waals surface area (Å²) in [6.07, 6.45) is -2.11. The van der Waals surface area contributed by atoms with E-state index >= 15 is 4.39 Å². The van der Waals surface area contributed by atoms with Gasteiger partial charge in [-0.2, -0.15) is 18.3 Å². The molecule has 0 aliphatic heterocycles. The van der Waals surface area contributed by atoms with Gasteiger partial charge in [0.2, 0.25) is 0 Å². The van der Waals surface area contributed by atoms with Crippen LogP contribution in [0.15, 0.2) is 78.9 Å². The Bertz CT molecular complexity index is 1920. The third-order valence-electron chi connectivity index (χ3n) is 8.64. The Morgan fingerprint density at radius 2 is 1.62 bits per heavy atom. The van der Waals surface area contributed by atoms with Gasteiger partial charge in [-0.25, -0.2) is 13.9 Å². The fourth-order valence-electron chi connectivity index (χ4n) is 5.72. The Kier molecular flexibility index (Phi) is 11.7. The number of rotatable bonds is 12. The molecule has 53 heavy (non-hydrogen) atoms. The summed E-state index contributed by atoms with van der Waals surface area (Å²) in [7, 11) is 0. The maximum absolute atomic E-state index is 15.6. The van der Waals surface area contributed by atoms with Gasteiger partial charge in [0.15, 0.2) is 5.69 Å². The van der Waals surface area contributed by atoms with Gasteiger partial charge >= 0.3 is 12.3 Å². The molecule has 284 valence electrons. The van der Waals surface area contributed by atoms with E-state index in [9.17, 15) is 27.3 Å². The molecule has 1 aliphatic carbocycles. The second-order valence-electron chi connectivity index (χ2n) is 15.2. The molecule has 5 rings (SSSR count). The van der Waals surface area contributed by atoms with E-state index in [-0.39, 0.29) is 17.9 Å². The molecule has 14 heteroatoms. The van der Waals surface area contributed by atoms with Crippen molar-refractivity contribution in [3.63, 3.8) is 0 Å². The lowest BCUT2D eigenvalue weighted by atomic mass is 9.79. The lowest BCUT2D eigenvalue weighted by molar-refractivity contribution is -0.141. The molecule has 4 aromatic rings. The molecule has 0 saturated heterocycles. The number of ether oxygens (including phenoxy) is 1. The minimum atomic E-state index is -4.90. The number of carbonyl (C=O) groups excluding carboxylic acids is 2. The number of halogens is 4. The number of amides is 2. The highest BCUT2D eigenvalue weighted by molar-refractivity contribution is 7.90. The van der Waals surface area contributed by atoms with E-state index in [1.165, 1.54) is 24.3 Å². The highest BCUT2D eigenvalue weighted by Gasteiger charge is 2.43. The van der Waals surface area contributed by atoms with Crippen LogP contribution in [-0.2, 0) is 34.4 Å². The van der Waals surface area contributed by atoms with Gasteiger partial charge in [-0.15, -0.1) is 4.72 Å². The Labute approximate surface area is 310 Å². The summed E-state index contributed by atoms with van der Waals surface area (Å²) < 4.78 is 80.1. The van der Waals surface area contributed by atoms with Crippen molar-refractivity contribution >= 4 is 29.0 Å². The van der Waals surface area contributed by atoms with Gasteiger partial charge in [-0.05, 0) is 101 Å². The fourth-order valence-corrected chi connectivity index (χ4v) is 6.68. The molecule has 1 aliphatic rings. The minimum absolute atomic E-state index is 0.0202. The van der Waals surface area contributed by atoms with E-state index in [0.29, 0.717) is 29.5 Å². The maximum atomic E-state index is 15.6. The molecule has 1 unspecified atom stereocenters. The molecule has 1 saturated carbocycles. The number of benzene rings is 3. The van der Waals surface area contributed by atoms with E-state index in [1.807, 2.05) is 51.1 Å². The lowest BCUT2D eigenvalue weighted by Crippen LogP contribution is -2.52. The Hall–Kier alpha value is -4.40. The van der Waals surface area contributed by atoms with E-state index < -0.39 is 62.6 Å². The van der Waals surface area contributed by atoms with E-state index in [4.69, 9.17) is 4.74 Å². The zero-order valence-electron chi connectivity index (χ0n) is 30.6. The predicted molar refractivity (Wildman–Crippen MR) is 196 cm³/mol. The van der Waals surface area contributed by atoms with Crippen LogP contribution in [-0.4, -0.2) is 36.7 Å². The monoisotopic (exact) mass is 755 g/mol. The van der Waals surface area contributed by atoms with Gasteiger partial charge in [0.1, 0.15) is 27.4 Å². The first-order chi connectivity index (χ1) is 24.7. The summed E-state index contributed by atoms with van der Waals surface area (Å²) in [5.74, 6) is -1.37. The quantitative estimate of drug-likeness (QED) is 0.0983. The third-order valence-corrected chi connectivity index (χ3v) is 10.3. The minimum Gasteiger partial charge on any atom is -0.598 e. The maximum Gasteiger partial charge on any atom is 0.435 e. The Morgan fingerprint density at radius 1 is 0.925 bits per heavy atom. The smallest absolute Gasteiger partial charge is 0.435 e. The standard InChI is InChI=1S/C39H45F4N5O4S/c1-36(2,3)52-35(50)44-24-26-11-10-14-29(21-26)48-32(23-33(46-48)39(41,42)43)34(49)45-31-22-28(17-18-30(31)40)38(20-19-25-15-16-25,27-12-8-7-9-13-27)47-53(51)37(4,5)6/h7-14,17-18,21-23,25,47H,15-16,19-20,24H2,1-6H3,(H,44,50)(H,45,49)/t38-,53?/m1/s1. The molecule has 0 radical (unpaired) electrons. The first-order valence-electron chi connectivity index (χ1n) is 17.4. The normalized spacial score (nSPS) is 15.4. The van der Waals surface area contributed by atoms with Crippen LogP contribution in [0.2, 0.25) is 0 Å².